The van der Waals surface area contributed by atoms with Crippen molar-refractivity contribution in [2.24, 2.45) is 0 Å². The number of nitrogens with zero attached hydrogens (tertiary/aromatic N) is 1. The average molecular weight is 324 g/mol. The molecule has 1 aliphatic rings. The molecule has 116 valence electrons. The zero-order chi connectivity index (χ0) is 16.0. The molecule has 0 spiro atoms. The average Bonchev–Trinajstić information content (AvgIpc) is 2.93. The quantitative estimate of drug-likeness (QED) is 0.735. The molecule has 2 aromatic heterocycles. The van der Waals surface area contributed by atoms with E-state index < -0.39 is 0 Å². The van der Waals surface area contributed by atoms with Gasteiger partial charge < -0.3 is 4.98 Å². The molecule has 4 rings (SSSR count). The van der Waals surface area contributed by atoms with E-state index in [0.717, 1.165) is 36.8 Å². The highest BCUT2D eigenvalue weighted by atomic mass is 32.1. The van der Waals surface area contributed by atoms with Gasteiger partial charge in [-0.05, 0) is 38.2 Å². The number of benzene rings is 1. The van der Waals surface area contributed by atoms with Crippen LogP contribution in [0.4, 0.5) is 0 Å². The van der Waals surface area contributed by atoms with E-state index in [0.29, 0.717) is 15.8 Å². The smallest absolute Gasteiger partial charge is 0.260 e. The Labute approximate surface area is 137 Å². The van der Waals surface area contributed by atoms with Gasteiger partial charge >= 0.3 is 0 Å². The third kappa shape index (κ3) is 2.41. The summed E-state index contributed by atoms with van der Waals surface area (Å²) in [4.78, 5) is 34.1. The number of ketones is 1. The first-order valence-electron chi connectivity index (χ1n) is 7.79. The standard InChI is InChI=1S/C18H16N2O2S/c1-10-6-8-11(9-7-10)15(21)16-19-17(22)14-12-4-2-3-5-13(12)23-18(14)20-16/h6-9H,2-5H2,1H3,(H,19,20,22). The second-order valence-corrected chi connectivity index (χ2v) is 7.08. The summed E-state index contributed by atoms with van der Waals surface area (Å²) in [6.45, 7) is 1.97. The van der Waals surface area contributed by atoms with Crippen molar-refractivity contribution in [1.82, 2.24) is 9.97 Å². The molecule has 1 aromatic carbocycles. The summed E-state index contributed by atoms with van der Waals surface area (Å²) >= 11 is 1.56. The van der Waals surface area contributed by atoms with Crippen molar-refractivity contribution in [3.63, 3.8) is 0 Å². The molecule has 23 heavy (non-hydrogen) atoms. The first kappa shape index (κ1) is 14.3. The van der Waals surface area contributed by atoms with Crippen LogP contribution < -0.4 is 5.56 Å². The van der Waals surface area contributed by atoms with E-state index in [-0.39, 0.29) is 17.2 Å². The Kier molecular flexibility index (Phi) is 3.38. The Morgan fingerprint density at radius 1 is 1.17 bits per heavy atom. The molecule has 5 heteroatoms. The Bertz CT molecular complexity index is 967. The Balaban J connectivity index is 1.84. The molecule has 0 saturated carbocycles. The van der Waals surface area contributed by atoms with Crippen LogP contribution in [0.25, 0.3) is 10.2 Å². The fourth-order valence-corrected chi connectivity index (χ4v) is 4.38. The summed E-state index contributed by atoms with van der Waals surface area (Å²) in [6, 6.07) is 7.30. The van der Waals surface area contributed by atoms with Crippen LogP contribution in [0.15, 0.2) is 29.1 Å². The van der Waals surface area contributed by atoms with Crippen molar-refractivity contribution < 1.29 is 4.79 Å². The summed E-state index contributed by atoms with van der Waals surface area (Å²) in [5.41, 5.74) is 2.58. The van der Waals surface area contributed by atoms with Crippen LogP contribution in [-0.2, 0) is 12.8 Å². The molecular weight excluding hydrogens is 308 g/mol. The number of carbonyl (C=O) groups is 1. The van der Waals surface area contributed by atoms with E-state index >= 15 is 0 Å². The maximum atomic E-state index is 12.6. The van der Waals surface area contributed by atoms with E-state index in [4.69, 9.17) is 0 Å². The topological polar surface area (TPSA) is 62.8 Å². The van der Waals surface area contributed by atoms with Crippen LogP contribution in [0, 0.1) is 6.92 Å². The summed E-state index contributed by atoms with van der Waals surface area (Å²) in [5, 5.41) is 0.685. The second kappa shape index (κ2) is 5.42. The minimum absolute atomic E-state index is 0.130. The van der Waals surface area contributed by atoms with Crippen molar-refractivity contribution in [2.75, 3.05) is 0 Å². The molecule has 0 aliphatic heterocycles. The third-order valence-electron chi connectivity index (χ3n) is 4.35. The van der Waals surface area contributed by atoms with Crippen LogP contribution in [0.2, 0.25) is 0 Å². The van der Waals surface area contributed by atoms with Gasteiger partial charge in [-0.2, -0.15) is 0 Å². The molecule has 4 nitrogen and oxygen atoms in total. The third-order valence-corrected chi connectivity index (χ3v) is 5.54. The molecule has 2 heterocycles. The normalized spacial score (nSPS) is 14.0. The Hall–Kier alpha value is -2.27. The predicted octanol–water partition coefficient (Wildman–Crippen LogP) is 3.40. The van der Waals surface area contributed by atoms with Gasteiger partial charge in [0.15, 0.2) is 5.82 Å². The lowest BCUT2D eigenvalue weighted by atomic mass is 9.97. The van der Waals surface area contributed by atoms with Gasteiger partial charge in [-0.1, -0.05) is 29.8 Å². The molecule has 0 amide bonds. The minimum Gasteiger partial charge on any atom is -0.303 e. The number of H-pyrrole nitrogens is 1. The monoisotopic (exact) mass is 324 g/mol. The van der Waals surface area contributed by atoms with Gasteiger partial charge in [0.1, 0.15) is 4.83 Å². The van der Waals surface area contributed by atoms with E-state index in [1.807, 2.05) is 19.1 Å². The lowest BCUT2D eigenvalue weighted by Crippen LogP contribution is -2.17. The molecule has 0 radical (unpaired) electrons. The first-order valence-corrected chi connectivity index (χ1v) is 8.61. The molecule has 0 unspecified atom stereocenters. The molecule has 1 aliphatic carbocycles. The molecule has 0 saturated heterocycles. The van der Waals surface area contributed by atoms with Crippen LogP contribution in [0.1, 0.15) is 45.0 Å². The molecule has 0 bridgehead atoms. The molecule has 1 N–H and O–H groups in total. The molecule has 0 atom stereocenters. The Morgan fingerprint density at radius 3 is 2.70 bits per heavy atom. The summed E-state index contributed by atoms with van der Waals surface area (Å²) in [5.74, 6) is -0.111. The lowest BCUT2D eigenvalue weighted by Gasteiger charge is -2.09. The van der Waals surface area contributed by atoms with Crippen molar-refractivity contribution in [2.45, 2.75) is 32.6 Å². The van der Waals surface area contributed by atoms with Crippen LogP contribution in [0.5, 0.6) is 0 Å². The van der Waals surface area contributed by atoms with Gasteiger partial charge in [-0.3, -0.25) is 9.59 Å². The van der Waals surface area contributed by atoms with E-state index in [1.165, 1.54) is 4.88 Å². The highest BCUT2D eigenvalue weighted by Gasteiger charge is 2.21. The zero-order valence-corrected chi connectivity index (χ0v) is 13.6. The SMILES string of the molecule is Cc1ccc(C(=O)c2nc3sc4c(c3c(=O)[nH]2)CCCC4)cc1. The Morgan fingerprint density at radius 2 is 1.91 bits per heavy atom. The van der Waals surface area contributed by atoms with Gasteiger partial charge in [0.25, 0.3) is 5.56 Å². The van der Waals surface area contributed by atoms with Crippen molar-refractivity contribution >= 4 is 27.3 Å². The van der Waals surface area contributed by atoms with Crippen LogP contribution in [-0.4, -0.2) is 15.8 Å². The van der Waals surface area contributed by atoms with Gasteiger partial charge in [-0.25, -0.2) is 4.98 Å². The highest BCUT2D eigenvalue weighted by Crippen LogP contribution is 2.33. The maximum Gasteiger partial charge on any atom is 0.260 e. The number of carbonyl (C=O) groups excluding carboxylic acids is 1. The van der Waals surface area contributed by atoms with Crippen LogP contribution >= 0.6 is 11.3 Å². The minimum atomic E-state index is -0.240. The number of aromatic amines is 1. The van der Waals surface area contributed by atoms with Gasteiger partial charge in [0.05, 0.1) is 5.39 Å². The summed E-state index contributed by atoms with van der Waals surface area (Å²) in [6.07, 6.45) is 4.22. The molecular formula is C18H16N2O2S. The number of aromatic nitrogens is 2. The van der Waals surface area contributed by atoms with E-state index in [1.54, 1.807) is 23.5 Å². The number of aryl methyl sites for hydroxylation is 3. The van der Waals surface area contributed by atoms with Crippen molar-refractivity contribution in [3.8, 4) is 0 Å². The first-order chi connectivity index (χ1) is 11.1. The fourth-order valence-electron chi connectivity index (χ4n) is 3.11. The zero-order valence-electron chi connectivity index (χ0n) is 12.8. The van der Waals surface area contributed by atoms with Crippen molar-refractivity contribution in [1.29, 1.82) is 0 Å². The summed E-state index contributed by atoms with van der Waals surface area (Å²) in [7, 11) is 0. The number of hydrogen-bond acceptors (Lipinski definition) is 4. The summed E-state index contributed by atoms with van der Waals surface area (Å²) < 4.78 is 0. The highest BCUT2D eigenvalue weighted by molar-refractivity contribution is 7.18. The number of hydrogen-bond donors (Lipinski definition) is 1. The lowest BCUT2D eigenvalue weighted by molar-refractivity contribution is 0.102. The fraction of sp³-hybridized carbons (Fsp3) is 0.278. The number of thiophene rings is 1. The van der Waals surface area contributed by atoms with Crippen molar-refractivity contribution in [3.05, 3.63) is 62.0 Å². The van der Waals surface area contributed by atoms with Gasteiger partial charge in [0, 0.05) is 10.4 Å². The van der Waals surface area contributed by atoms with E-state index in [2.05, 4.69) is 9.97 Å². The molecule has 0 fully saturated rings. The second-order valence-electron chi connectivity index (χ2n) is 6.00. The van der Waals surface area contributed by atoms with Gasteiger partial charge in [-0.15, -0.1) is 11.3 Å². The molecule has 3 aromatic rings. The number of fused-ring (bicyclic) bond motifs is 3. The van der Waals surface area contributed by atoms with E-state index in [9.17, 15) is 9.59 Å². The van der Waals surface area contributed by atoms with Crippen LogP contribution in [0.3, 0.4) is 0 Å². The largest absolute Gasteiger partial charge is 0.303 e. The number of nitrogens with one attached hydrogen (secondary N) is 1. The predicted molar refractivity (Wildman–Crippen MR) is 91.5 cm³/mol. The van der Waals surface area contributed by atoms with Gasteiger partial charge in [0.2, 0.25) is 5.78 Å². The number of rotatable bonds is 2. The maximum absolute atomic E-state index is 12.6.